The van der Waals surface area contributed by atoms with Gasteiger partial charge in [0.05, 0.1) is 6.20 Å². The van der Waals surface area contributed by atoms with Crippen molar-refractivity contribution in [3.8, 4) is 0 Å². The van der Waals surface area contributed by atoms with Gasteiger partial charge in [-0.3, -0.25) is 4.79 Å². The molecule has 0 fully saturated rings. The molecular weight excluding hydrogens is 216 g/mol. The smallest absolute Gasteiger partial charge is 0.249 e. The fourth-order valence-corrected chi connectivity index (χ4v) is 1.52. The van der Waals surface area contributed by atoms with E-state index in [0.717, 1.165) is 0 Å². The number of hydrogen-bond donors (Lipinski definition) is 1. The molecule has 1 aromatic rings. The maximum atomic E-state index is 11.7. The Morgan fingerprint density at radius 1 is 1.53 bits per heavy atom. The summed E-state index contributed by atoms with van der Waals surface area (Å²) in [6, 6.07) is 0. The van der Waals surface area contributed by atoms with Crippen LogP contribution in [0.15, 0.2) is 6.20 Å². The first-order chi connectivity index (χ1) is 6.93. The molecule has 1 amide bonds. The summed E-state index contributed by atoms with van der Waals surface area (Å²) in [5.41, 5.74) is -0.0451. The second-order valence-corrected chi connectivity index (χ2v) is 4.29. The molecule has 2 rings (SSSR count). The van der Waals surface area contributed by atoms with Crippen LogP contribution < -0.4 is 10.2 Å². The van der Waals surface area contributed by atoms with Gasteiger partial charge in [-0.1, -0.05) is 0 Å². The zero-order valence-corrected chi connectivity index (χ0v) is 9.46. The molecule has 5 nitrogen and oxygen atoms in total. The molecular formula is C9H11ClN4O. The lowest BCUT2D eigenvalue weighted by Gasteiger charge is -2.39. The van der Waals surface area contributed by atoms with Crippen LogP contribution in [0.1, 0.15) is 13.8 Å². The molecule has 0 radical (unpaired) electrons. The second-order valence-electron chi connectivity index (χ2n) is 3.95. The quantitative estimate of drug-likeness (QED) is 0.678. The Morgan fingerprint density at radius 3 is 2.87 bits per heavy atom. The summed E-state index contributed by atoms with van der Waals surface area (Å²) >= 11 is 5.71. The Balaban J connectivity index is 2.57. The number of fused-ring (bicyclic) bond motifs is 1. The van der Waals surface area contributed by atoms with E-state index >= 15 is 0 Å². The normalized spacial score (nSPS) is 18.4. The van der Waals surface area contributed by atoms with Gasteiger partial charge in [-0.15, -0.1) is 0 Å². The number of anilines is 2. The number of halogens is 1. The lowest BCUT2D eigenvalue weighted by Crippen LogP contribution is -2.54. The first-order valence-electron chi connectivity index (χ1n) is 4.51. The molecule has 1 aromatic heterocycles. The molecule has 15 heavy (non-hydrogen) atoms. The van der Waals surface area contributed by atoms with Crippen LogP contribution in [0.25, 0.3) is 0 Å². The highest BCUT2D eigenvalue weighted by Gasteiger charge is 2.39. The largest absolute Gasteiger partial charge is 0.344 e. The van der Waals surface area contributed by atoms with Crippen LogP contribution in [0.3, 0.4) is 0 Å². The molecule has 0 aliphatic carbocycles. The molecule has 2 heterocycles. The first-order valence-corrected chi connectivity index (χ1v) is 4.88. The minimum Gasteiger partial charge on any atom is -0.344 e. The van der Waals surface area contributed by atoms with Crippen LogP contribution in [-0.4, -0.2) is 28.5 Å². The summed E-state index contributed by atoms with van der Waals surface area (Å²) in [6.07, 6.45) is 1.51. The number of amides is 1. The standard InChI is InChI=1S/C9H11ClN4O/c1-9(2)7(15)12-5-4-11-8(10)13-6(5)14(9)3/h4H,1-3H3,(H,12,15). The molecule has 0 spiro atoms. The van der Waals surface area contributed by atoms with Crippen molar-refractivity contribution in [3.05, 3.63) is 11.5 Å². The maximum absolute atomic E-state index is 11.7. The number of nitrogens with one attached hydrogen (secondary N) is 1. The third kappa shape index (κ3) is 1.43. The minimum atomic E-state index is -0.634. The molecule has 80 valence electrons. The van der Waals surface area contributed by atoms with E-state index in [0.29, 0.717) is 11.5 Å². The molecule has 0 saturated carbocycles. The second kappa shape index (κ2) is 3.06. The average molecular weight is 227 g/mol. The molecule has 0 unspecified atom stereocenters. The Kier molecular flexibility index (Phi) is 2.08. The third-order valence-corrected chi connectivity index (χ3v) is 2.88. The van der Waals surface area contributed by atoms with Gasteiger partial charge in [-0.2, -0.15) is 4.98 Å². The number of carbonyl (C=O) groups excluding carboxylic acids is 1. The van der Waals surface area contributed by atoms with Crippen LogP contribution >= 0.6 is 11.6 Å². The van der Waals surface area contributed by atoms with Gasteiger partial charge in [0, 0.05) is 7.05 Å². The van der Waals surface area contributed by atoms with Gasteiger partial charge in [0.1, 0.15) is 11.2 Å². The first kappa shape index (κ1) is 10.2. The van der Waals surface area contributed by atoms with Gasteiger partial charge < -0.3 is 10.2 Å². The van der Waals surface area contributed by atoms with E-state index in [1.54, 1.807) is 11.9 Å². The van der Waals surface area contributed by atoms with Gasteiger partial charge in [0.2, 0.25) is 11.2 Å². The van der Waals surface area contributed by atoms with Crippen molar-refractivity contribution < 1.29 is 4.79 Å². The highest BCUT2D eigenvalue weighted by Crippen LogP contribution is 2.33. The van der Waals surface area contributed by atoms with Crippen molar-refractivity contribution >= 4 is 29.0 Å². The number of carbonyl (C=O) groups is 1. The van der Waals surface area contributed by atoms with E-state index in [4.69, 9.17) is 11.6 Å². The summed E-state index contributed by atoms with van der Waals surface area (Å²) in [4.78, 5) is 21.4. The zero-order valence-electron chi connectivity index (χ0n) is 8.71. The van der Waals surface area contributed by atoms with Crippen LogP contribution in [0.5, 0.6) is 0 Å². The molecule has 0 atom stereocenters. The topological polar surface area (TPSA) is 58.1 Å². The van der Waals surface area contributed by atoms with Crippen LogP contribution in [0.2, 0.25) is 5.28 Å². The fourth-order valence-electron chi connectivity index (χ4n) is 1.39. The lowest BCUT2D eigenvalue weighted by atomic mass is 9.99. The SMILES string of the molecule is CN1c2nc(Cl)ncc2NC(=O)C1(C)C. The Morgan fingerprint density at radius 2 is 2.20 bits per heavy atom. The predicted molar refractivity (Wildman–Crippen MR) is 58.2 cm³/mol. The fraction of sp³-hybridized carbons (Fsp3) is 0.444. The lowest BCUT2D eigenvalue weighted by molar-refractivity contribution is -0.120. The summed E-state index contributed by atoms with van der Waals surface area (Å²) in [7, 11) is 1.81. The zero-order chi connectivity index (χ0) is 11.2. The van der Waals surface area contributed by atoms with E-state index in [9.17, 15) is 4.79 Å². The summed E-state index contributed by atoms with van der Waals surface area (Å²) < 4.78 is 0. The van der Waals surface area contributed by atoms with E-state index in [1.165, 1.54) is 6.20 Å². The minimum absolute atomic E-state index is 0.0802. The average Bonchev–Trinajstić information content (AvgIpc) is 2.17. The van der Waals surface area contributed by atoms with Crippen molar-refractivity contribution in [1.29, 1.82) is 0 Å². The number of aromatic nitrogens is 2. The third-order valence-electron chi connectivity index (χ3n) is 2.70. The van der Waals surface area contributed by atoms with Gasteiger partial charge in [-0.25, -0.2) is 4.98 Å². The number of rotatable bonds is 0. The van der Waals surface area contributed by atoms with E-state index in [2.05, 4.69) is 15.3 Å². The van der Waals surface area contributed by atoms with Crippen LogP contribution in [0, 0.1) is 0 Å². The Labute approximate surface area is 92.5 Å². The summed E-state index contributed by atoms with van der Waals surface area (Å²) in [5, 5.41) is 2.92. The molecule has 0 bridgehead atoms. The van der Waals surface area contributed by atoms with Crippen LogP contribution in [-0.2, 0) is 4.79 Å². The van der Waals surface area contributed by atoms with E-state index < -0.39 is 5.54 Å². The Hall–Kier alpha value is -1.36. The summed E-state index contributed by atoms with van der Waals surface area (Å²) in [5.74, 6) is 0.558. The van der Waals surface area contributed by atoms with Crippen molar-refractivity contribution in [3.63, 3.8) is 0 Å². The van der Waals surface area contributed by atoms with Gasteiger partial charge in [-0.05, 0) is 25.4 Å². The van der Waals surface area contributed by atoms with Gasteiger partial charge >= 0.3 is 0 Å². The van der Waals surface area contributed by atoms with Crippen molar-refractivity contribution in [1.82, 2.24) is 9.97 Å². The highest BCUT2D eigenvalue weighted by molar-refractivity contribution is 6.28. The maximum Gasteiger partial charge on any atom is 0.249 e. The molecule has 0 saturated heterocycles. The number of hydrogen-bond acceptors (Lipinski definition) is 4. The monoisotopic (exact) mass is 226 g/mol. The molecule has 1 N–H and O–H groups in total. The van der Waals surface area contributed by atoms with E-state index in [-0.39, 0.29) is 11.2 Å². The highest BCUT2D eigenvalue weighted by atomic mass is 35.5. The number of nitrogens with zero attached hydrogens (tertiary/aromatic N) is 3. The van der Waals surface area contributed by atoms with Gasteiger partial charge in [0.15, 0.2) is 5.82 Å². The van der Waals surface area contributed by atoms with Crippen LogP contribution in [0.4, 0.5) is 11.5 Å². The van der Waals surface area contributed by atoms with Crippen molar-refractivity contribution in [2.45, 2.75) is 19.4 Å². The molecule has 1 aliphatic rings. The Bertz CT molecular complexity index is 432. The van der Waals surface area contributed by atoms with E-state index in [1.807, 2.05) is 13.8 Å². The molecule has 6 heteroatoms. The summed E-state index contributed by atoms with van der Waals surface area (Å²) in [6.45, 7) is 3.64. The van der Waals surface area contributed by atoms with Crippen molar-refractivity contribution in [2.24, 2.45) is 0 Å². The molecule has 0 aromatic carbocycles. The van der Waals surface area contributed by atoms with Crippen molar-refractivity contribution in [2.75, 3.05) is 17.3 Å². The van der Waals surface area contributed by atoms with Gasteiger partial charge in [0.25, 0.3) is 0 Å². The number of likely N-dealkylation sites (N-methyl/N-ethyl adjacent to an activating group) is 1. The predicted octanol–water partition coefficient (Wildman–Crippen LogP) is 1.30. The molecule has 1 aliphatic heterocycles.